The number of rotatable bonds is 4. The summed E-state index contributed by atoms with van der Waals surface area (Å²) >= 11 is 0. The van der Waals surface area contributed by atoms with E-state index in [9.17, 15) is 9.59 Å². The molecule has 5 nitrogen and oxygen atoms in total. The van der Waals surface area contributed by atoms with E-state index in [4.69, 9.17) is 0 Å². The van der Waals surface area contributed by atoms with Crippen molar-refractivity contribution in [2.75, 3.05) is 44.2 Å². The summed E-state index contributed by atoms with van der Waals surface area (Å²) in [6, 6.07) is 8.40. The molecule has 0 spiro atoms. The van der Waals surface area contributed by atoms with Crippen molar-refractivity contribution in [3.8, 4) is 0 Å². The highest BCUT2D eigenvalue weighted by atomic mass is 16.2. The van der Waals surface area contributed by atoms with Gasteiger partial charge in [0.1, 0.15) is 0 Å². The van der Waals surface area contributed by atoms with Crippen LogP contribution in [0.15, 0.2) is 24.3 Å². The normalized spacial score (nSPS) is 26.0. The lowest BCUT2D eigenvalue weighted by atomic mass is 9.78. The largest absolute Gasteiger partial charge is 0.369 e. The molecule has 0 N–H and O–H groups in total. The van der Waals surface area contributed by atoms with E-state index < -0.39 is 0 Å². The maximum atomic E-state index is 13.0. The molecule has 1 aliphatic carbocycles. The number of carbonyl (C=O) groups is 2. The third-order valence-corrected chi connectivity index (χ3v) is 6.93. The van der Waals surface area contributed by atoms with Gasteiger partial charge in [-0.15, -0.1) is 0 Å². The van der Waals surface area contributed by atoms with E-state index in [2.05, 4.69) is 14.7 Å². The first-order valence-corrected chi connectivity index (χ1v) is 11.0. The second-order valence-corrected chi connectivity index (χ2v) is 8.71. The Morgan fingerprint density at radius 2 is 1.57 bits per heavy atom. The van der Waals surface area contributed by atoms with E-state index in [0.29, 0.717) is 18.5 Å². The summed E-state index contributed by atoms with van der Waals surface area (Å²) in [7, 11) is 0. The van der Waals surface area contributed by atoms with Crippen LogP contribution in [-0.4, -0.2) is 66.8 Å². The number of nitrogens with zero attached hydrogens (tertiary/aromatic N) is 3. The van der Waals surface area contributed by atoms with Gasteiger partial charge < -0.3 is 9.80 Å². The van der Waals surface area contributed by atoms with Gasteiger partial charge in [-0.3, -0.25) is 14.5 Å². The molecule has 0 unspecified atom stereocenters. The van der Waals surface area contributed by atoms with E-state index in [1.165, 1.54) is 38.5 Å². The van der Waals surface area contributed by atoms with E-state index >= 15 is 0 Å². The zero-order chi connectivity index (χ0) is 19.5. The topological polar surface area (TPSA) is 43.9 Å². The number of hydrogen-bond donors (Lipinski definition) is 0. The number of benzene rings is 1. The fraction of sp³-hybridized carbons (Fsp3) is 0.652. The van der Waals surface area contributed by atoms with Crippen LogP contribution in [0.3, 0.4) is 0 Å². The number of carbonyl (C=O) groups excluding carboxylic acids is 2. The Morgan fingerprint density at radius 3 is 2.29 bits per heavy atom. The second-order valence-electron chi connectivity index (χ2n) is 8.71. The van der Waals surface area contributed by atoms with Crippen LogP contribution in [0.2, 0.25) is 0 Å². The predicted molar refractivity (Wildman–Crippen MR) is 112 cm³/mol. The van der Waals surface area contributed by atoms with Crippen molar-refractivity contribution >= 4 is 17.4 Å². The number of amides is 1. The maximum Gasteiger partial charge on any atom is 0.237 e. The van der Waals surface area contributed by atoms with E-state index in [1.807, 2.05) is 24.3 Å². The molecule has 0 bridgehead atoms. The molecule has 1 saturated carbocycles. The van der Waals surface area contributed by atoms with E-state index in [0.717, 1.165) is 49.9 Å². The van der Waals surface area contributed by atoms with E-state index in [-0.39, 0.29) is 5.78 Å². The lowest BCUT2D eigenvalue weighted by Crippen LogP contribution is -2.54. The van der Waals surface area contributed by atoms with Crippen molar-refractivity contribution in [2.24, 2.45) is 5.92 Å². The molecule has 152 valence electrons. The Labute approximate surface area is 168 Å². The van der Waals surface area contributed by atoms with Gasteiger partial charge in [0.2, 0.25) is 5.91 Å². The molecule has 3 fully saturated rings. The molecule has 1 aromatic carbocycles. The molecule has 28 heavy (non-hydrogen) atoms. The summed E-state index contributed by atoms with van der Waals surface area (Å²) < 4.78 is 0. The minimum atomic E-state index is 0.104. The summed E-state index contributed by atoms with van der Waals surface area (Å²) in [5.74, 6) is 1.20. The molecule has 0 aromatic heterocycles. The van der Waals surface area contributed by atoms with Crippen molar-refractivity contribution in [3.63, 3.8) is 0 Å². The van der Waals surface area contributed by atoms with Gasteiger partial charge in [-0.25, -0.2) is 0 Å². The minimum absolute atomic E-state index is 0.104. The van der Waals surface area contributed by atoms with Crippen LogP contribution >= 0.6 is 0 Å². The predicted octanol–water partition coefficient (Wildman–Crippen LogP) is 3.19. The minimum Gasteiger partial charge on any atom is -0.369 e. The highest BCUT2D eigenvalue weighted by Crippen LogP contribution is 2.35. The van der Waals surface area contributed by atoms with Crippen LogP contribution in [0.1, 0.15) is 55.8 Å². The quantitative estimate of drug-likeness (QED) is 0.749. The third-order valence-electron chi connectivity index (χ3n) is 6.93. The zero-order valence-corrected chi connectivity index (χ0v) is 17.1. The van der Waals surface area contributed by atoms with Crippen molar-refractivity contribution in [1.29, 1.82) is 0 Å². The van der Waals surface area contributed by atoms with E-state index in [1.54, 1.807) is 6.92 Å². The molecule has 2 aliphatic heterocycles. The molecular weight excluding hydrogens is 350 g/mol. The van der Waals surface area contributed by atoms with Gasteiger partial charge in [-0.05, 0) is 62.8 Å². The molecule has 4 rings (SSSR count). The average molecular weight is 384 g/mol. The zero-order valence-electron chi connectivity index (χ0n) is 17.1. The van der Waals surface area contributed by atoms with Crippen molar-refractivity contribution < 1.29 is 9.59 Å². The highest BCUT2D eigenvalue weighted by Gasteiger charge is 2.36. The standard InChI is InChI=1S/C23H33N3O2/c1-18(27)19-8-10-21(11-9-19)25-15-13-24(14-16-25)17-23(28)26-12-4-6-20-5-2-3-7-22(20)26/h8-11,20,22H,2-7,12-17H2,1H3/t20-,22-/m1/s1. The summed E-state index contributed by atoms with van der Waals surface area (Å²) in [6.45, 7) is 6.83. The number of Topliss-reactive ketones (excluding diaryl/α,β-unsaturated/α-hetero) is 1. The fourth-order valence-electron chi connectivity index (χ4n) is 5.29. The number of ketones is 1. The van der Waals surface area contributed by atoms with Gasteiger partial charge in [-0.2, -0.15) is 0 Å². The molecule has 2 atom stereocenters. The molecule has 2 saturated heterocycles. The molecular formula is C23H33N3O2. The smallest absolute Gasteiger partial charge is 0.237 e. The lowest BCUT2D eigenvalue weighted by molar-refractivity contribution is -0.138. The second kappa shape index (κ2) is 8.64. The summed E-state index contributed by atoms with van der Waals surface area (Å²) in [6.07, 6.45) is 7.65. The molecule has 1 amide bonds. The van der Waals surface area contributed by atoms with Crippen LogP contribution in [0.5, 0.6) is 0 Å². The Bertz CT molecular complexity index is 692. The van der Waals surface area contributed by atoms with Gasteiger partial charge in [-0.1, -0.05) is 12.8 Å². The van der Waals surface area contributed by atoms with Gasteiger partial charge >= 0.3 is 0 Å². The van der Waals surface area contributed by atoms with Gasteiger partial charge in [0.15, 0.2) is 5.78 Å². The summed E-state index contributed by atoms with van der Waals surface area (Å²) in [5, 5.41) is 0. The van der Waals surface area contributed by atoms with Crippen molar-refractivity contribution in [1.82, 2.24) is 9.80 Å². The van der Waals surface area contributed by atoms with Gasteiger partial charge in [0.05, 0.1) is 6.54 Å². The first-order chi connectivity index (χ1) is 13.6. The van der Waals surface area contributed by atoms with Crippen LogP contribution in [0.25, 0.3) is 0 Å². The first kappa shape index (κ1) is 19.4. The van der Waals surface area contributed by atoms with Crippen molar-refractivity contribution in [3.05, 3.63) is 29.8 Å². The molecule has 5 heteroatoms. The Balaban J connectivity index is 1.29. The number of anilines is 1. The Hall–Kier alpha value is -1.88. The SMILES string of the molecule is CC(=O)c1ccc(N2CCN(CC(=O)N3CCC[C@H]4CCCC[C@H]43)CC2)cc1. The molecule has 1 aromatic rings. The number of hydrogen-bond acceptors (Lipinski definition) is 4. The monoisotopic (exact) mass is 383 g/mol. The molecule has 0 radical (unpaired) electrons. The van der Waals surface area contributed by atoms with Crippen molar-refractivity contribution in [2.45, 2.75) is 51.5 Å². The number of fused-ring (bicyclic) bond motifs is 1. The number of piperazine rings is 1. The fourth-order valence-corrected chi connectivity index (χ4v) is 5.29. The van der Waals surface area contributed by atoms with Gasteiger partial charge in [0, 0.05) is 50.0 Å². The van der Waals surface area contributed by atoms with Crippen LogP contribution in [0.4, 0.5) is 5.69 Å². The van der Waals surface area contributed by atoms with Gasteiger partial charge in [0.25, 0.3) is 0 Å². The summed E-state index contributed by atoms with van der Waals surface area (Å²) in [4.78, 5) is 31.3. The molecule has 3 aliphatic rings. The van der Waals surface area contributed by atoms with Crippen LogP contribution in [-0.2, 0) is 4.79 Å². The third kappa shape index (κ3) is 4.24. The Kier molecular flexibility index (Phi) is 6.00. The first-order valence-electron chi connectivity index (χ1n) is 11.0. The lowest BCUT2D eigenvalue weighted by Gasteiger charge is -2.45. The number of piperidine rings is 1. The summed E-state index contributed by atoms with van der Waals surface area (Å²) in [5.41, 5.74) is 1.92. The van der Waals surface area contributed by atoms with Crippen LogP contribution < -0.4 is 4.90 Å². The van der Waals surface area contributed by atoms with Crippen LogP contribution in [0, 0.1) is 5.92 Å². The molecule has 2 heterocycles. The highest BCUT2D eigenvalue weighted by molar-refractivity contribution is 5.94. The average Bonchev–Trinajstić information content (AvgIpc) is 2.74. The number of likely N-dealkylation sites (tertiary alicyclic amines) is 1. The Morgan fingerprint density at radius 1 is 0.893 bits per heavy atom. The maximum absolute atomic E-state index is 13.0.